The van der Waals surface area contributed by atoms with Crippen LogP contribution in [0.25, 0.3) is 0 Å². The van der Waals surface area contributed by atoms with E-state index in [9.17, 15) is 0 Å². The Labute approximate surface area is 104 Å². The van der Waals surface area contributed by atoms with Gasteiger partial charge in [0.25, 0.3) is 0 Å². The molecule has 1 aromatic carbocycles. The molecule has 17 heavy (non-hydrogen) atoms. The molecule has 2 unspecified atom stereocenters. The minimum absolute atomic E-state index is 0.0138. The fourth-order valence-corrected chi connectivity index (χ4v) is 2.89. The molecule has 1 aliphatic carbocycles. The van der Waals surface area contributed by atoms with Gasteiger partial charge in [-0.1, -0.05) is 55.5 Å². The highest BCUT2D eigenvalue weighted by Gasteiger charge is 2.38. The molecule has 0 bridgehead atoms. The third-order valence-electron chi connectivity index (χ3n) is 3.87. The van der Waals surface area contributed by atoms with Crippen molar-refractivity contribution in [2.75, 3.05) is 14.1 Å². The van der Waals surface area contributed by atoms with Crippen LogP contribution in [0.15, 0.2) is 48.6 Å². The van der Waals surface area contributed by atoms with Crippen LogP contribution in [-0.2, 0) is 5.54 Å². The summed E-state index contributed by atoms with van der Waals surface area (Å²) in [6, 6.07) is 8.68. The second kappa shape index (κ2) is 4.50. The van der Waals surface area contributed by atoms with Crippen molar-refractivity contribution < 1.29 is 0 Å². The van der Waals surface area contributed by atoms with Crippen LogP contribution in [0, 0.1) is 12.8 Å². The van der Waals surface area contributed by atoms with E-state index >= 15 is 0 Å². The molecule has 1 nitrogen and oxygen atoms in total. The van der Waals surface area contributed by atoms with Gasteiger partial charge in [-0.25, -0.2) is 0 Å². The van der Waals surface area contributed by atoms with E-state index in [0.29, 0.717) is 5.92 Å². The van der Waals surface area contributed by atoms with E-state index in [1.54, 1.807) is 0 Å². The second-order valence-corrected chi connectivity index (χ2v) is 5.07. The minimum atomic E-state index is -0.0138. The molecule has 0 amide bonds. The van der Waals surface area contributed by atoms with Gasteiger partial charge in [0.15, 0.2) is 0 Å². The first-order valence-electron chi connectivity index (χ1n) is 6.18. The fraction of sp³-hybridized carbons (Fsp3) is 0.375. The van der Waals surface area contributed by atoms with Gasteiger partial charge in [0, 0.05) is 5.92 Å². The minimum Gasteiger partial charge on any atom is -0.296 e. The third-order valence-corrected chi connectivity index (χ3v) is 3.87. The maximum atomic E-state index is 2.32. The number of benzene rings is 1. The van der Waals surface area contributed by atoms with Crippen molar-refractivity contribution in [1.82, 2.24) is 4.90 Å². The Morgan fingerprint density at radius 3 is 2.41 bits per heavy atom. The van der Waals surface area contributed by atoms with E-state index in [2.05, 4.69) is 81.4 Å². The Morgan fingerprint density at radius 1 is 1.12 bits per heavy atom. The smallest absolute Gasteiger partial charge is 0.0707 e. The zero-order valence-electron chi connectivity index (χ0n) is 11.1. The zero-order chi connectivity index (χ0) is 12.5. The highest BCUT2D eigenvalue weighted by molar-refractivity contribution is 5.41. The summed E-state index contributed by atoms with van der Waals surface area (Å²) < 4.78 is 0. The van der Waals surface area contributed by atoms with Crippen molar-refractivity contribution in [2.24, 2.45) is 5.92 Å². The standard InChI is InChI=1S/C16H21N/c1-13-9-5-6-11-15(13)16(17(3)4)12-8-7-10-14(16)2/h5-12,14H,1-4H3. The predicted molar refractivity (Wildman–Crippen MR) is 74.0 cm³/mol. The normalized spacial score (nSPS) is 27.7. The van der Waals surface area contributed by atoms with Gasteiger partial charge in [0.1, 0.15) is 0 Å². The lowest BCUT2D eigenvalue weighted by Crippen LogP contribution is -2.45. The Bertz CT molecular complexity index is 456. The summed E-state index contributed by atoms with van der Waals surface area (Å²) in [5.41, 5.74) is 2.74. The van der Waals surface area contributed by atoms with Crippen molar-refractivity contribution >= 4 is 0 Å². The SMILES string of the molecule is Cc1ccccc1C1(N(C)C)C=CC=CC1C. The maximum Gasteiger partial charge on any atom is 0.0707 e. The van der Waals surface area contributed by atoms with Crippen molar-refractivity contribution in [1.29, 1.82) is 0 Å². The predicted octanol–water partition coefficient (Wildman–Crippen LogP) is 3.51. The summed E-state index contributed by atoms with van der Waals surface area (Å²) in [6.07, 6.45) is 8.91. The lowest BCUT2D eigenvalue weighted by atomic mass is 9.74. The van der Waals surface area contributed by atoms with E-state index in [4.69, 9.17) is 0 Å². The largest absolute Gasteiger partial charge is 0.296 e. The van der Waals surface area contributed by atoms with Crippen molar-refractivity contribution in [3.05, 3.63) is 59.7 Å². The van der Waals surface area contributed by atoms with Gasteiger partial charge >= 0.3 is 0 Å². The molecule has 0 spiro atoms. The highest BCUT2D eigenvalue weighted by atomic mass is 15.1. The number of aryl methyl sites for hydroxylation is 1. The summed E-state index contributed by atoms with van der Waals surface area (Å²) in [5.74, 6) is 0.476. The molecule has 0 aliphatic heterocycles. The monoisotopic (exact) mass is 227 g/mol. The third kappa shape index (κ3) is 1.85. The molecular formula is C16H21N. The van der Waals surface area contributed by atoms with E-state index in [0.717, 1.165) is 0 Å². The number of rotatable bonds is 2. The van der Waals surface area contributed by atoms with Gasteiger partial charge in [-0.3, -0.25) is 4.90 Å². The Balaban J connectivity index is 2.61. The first-order valence-corrected chi connectivity index (χ1v) is 6.18. The van der Waals surface area contributed by atoms with Crippen LogP contribution >= 0.6 is 0 Å². The molecule has 0 radical (unpaired) electrons. The topological polar surface area (TPSA) is 3.24 Å². The molecule has 2 rings (SSSR count). The van der Waals surface area contributed by atoms with Crippen LogP contribution in [0.2, 0.25) is 0 Å². The van der Waals surface area contributed by atoms with E-state index in [1.165, 1.54) is 11.1 Å². The lowest BCUT2D eigenvalue weighted by molar-refractivity contribution is 0.159. The molecule has 0 N–H and O–H groups in total. The molecule has 1 heteroatoms. The molecule has 0 heterocycles. The lowest BCUT2D eigenvalue weighted by Gasteiger charge is -2.44. The fourth-order valence-electron chi connectivity index (χ4n) is 2.89. The van der Waals surface area contributed by atoms with Crippen LogP contribution in [-0.4, -0.2) is 19.0 Å². The van der Waals surface area contributed by atoms with Gasteiger partial charge in [0.05, 0.1) is 5.54 Å². The summed E-state index contributed by atoms with van der Waals surface area (Å²) in [7, 11) is 4.32. The quantitative estimate of drug-likeness (QED) is 0.747. The Morgan fingerprint density at radius 2 is 1.82 bits per heavy atom. The Kier molecular flexibility index (Phi) is 3.21. The van der Waals surface area contributed by atoms with Crippen molar-refractivity contribution in [3.8, 4) is 0 Å². The molecule has 1 aromatic rings. The van der Waals surface area contributed by atoms with Crippen LogP contribution in [0.4, 0.5) is 0 Å². The van der Waals surface area contributed by atoms with Crippen molar-refractivity contribution in [2.45, 2.75) is 19.4 Å². The van der Waals surface area contributed by atoms with Gasteiger partial charge in [0.2, 0.25) is 0 Å². The molecule has 0 fully saturated rings. The molecule has 0 aromatic heterocycles. The van der Waals surface area contributed by atoms with Crippen molar-refractivity contribution in [3.63, 3.8) is 0 Å². The molecule has 1 aliphatic rings. The van der Waals surface area contributed by atoms with Gasteiger partial charge in [-0.15, -0.1) is 0 Å². The highest BCUT2D eigenvalue weighted by Crippen LogP contribution is 2.40. The number of nitrogens with zero attached hydrogens (tertiary/aromatic N) is 1. The average molecular weight is 227 g/mol. The number of hydrogen-bond acceptors (Lipinski definition) is 1. The number of allylic oxidation sites excluding steroid dienone is 2. The van der Waals surface area contributed by atoms with Crippen LogP contribution in [0.1, 0.15) is 18.1 Å². The number of hydrogen-bond donors (Lipinski definition) is 0. The summed E-state index contributed by atoms with van der Waals surface area (Å²) >= 11 is 0. The maximum absolute atomic E-state index is 2.32. The molecular weight excluding hydrogens is 206 g/mol. The van der Waals surface area contributed by atoms with Gasteiger partial charge in [-0.2, -0.15) is 0 Å². The van der Waals surface area contributed by atoms with Crippen LogP contribution in [0.3, 0.4) is 0 Å². The van der Waals surface area contributed by atoms with Crippen LogP contribution in [0.5, 0.6) is 0 Å². The van der Waals surface area contributed by atoms with Gasteiger partial charge < -0.3 is 0 Å². The van der Waals surface area contributed by atoms with Gasteiger partial charge in [-0.05, 0) is 32.1 Å². The average Bonchev–Trinajstić information content (AvgIpc) is 2.30. The Hall–Kier alpha value is -1.34. The molecule has 2 atom stereocenters. The summed E-state index contributed by atoms with van der Waals surface area (Å²) in [5, 5.41) is 0. The first kappa shape index (κ1) is 12.1. The molecule has 0 saturated carbocycles. The second-order valence-electron chi connectivity index (χ2n) is 5.07. The first-order chi connectivity index (χ1) is 8.09. The summed E-state index contributed by atoms with van der Waals surface area (Å²) in [6.45, 7) is 4.48. The number of likely N-dealkylation sites (N-methyl/N-ethyl adjacent to an activating group) is 1. The van der Waals surface area contributed by atoms with E-state index < -0.39 is 0 Å². The zero-order valence-corrected chi connectivity index (χ0v) is 11.1. The summed E-state index contributed by atoms with van der Waals surface area (Å²) in [4.78, 5) is 2.32. The van der Waals surface area contributed by atoms with E-state index in [-0.39, 0.29) is 5.54 Å². The van der Waals surface area contributed by atoms with E-state index in [1.807, 2.05) is 0 Å². The molecule has 0 saturated heterocycles. The molecule has 90 valence electrons. The van der Waals surface area contributed by atoms with Crippen LogP contribution < -0.4 is 0 Å².